The number of hydrogen-bond donors (Lipinski definition) is 3. The lowest BCUT2D eigenvalue weighted by Crippen LogP contribution is -2.32. The molecule has 0 aromatic heterocycles. The minimum atomic E-state index is -0.186. The summed E-state index contributed by atoms with van der Waals surface area (Å²) in [4.78, 5) is 23.9. The van der Waals surface area contributed by atoms with Crippen LogP contribution < -0.4 is 16.0 Å². The van der Waals surface area contributed by atoms with Gasteiger partial charge in [0, 0.05) is 12.1 Å². The van der Waals surface area contributed by atoms with Gasteiger partial charge in [0.25, 0.3) is 5.91 Å². The molecule has 0 spiro atoms. The van der Waals surface area contributed by atoms with Gasteiger partial charge in [-0.05, 0) is 35.7 Å². The van der Waals surface area contributed by atoms with Crippen molar-refractivity contribution in [2.24, 2.45) is 0 Å². The molecule has 0 unspecified atom stereocenters. The van der Waals surface area contributed by atoms with Crippen LogP contribution in [0.25, 0.3) is 0 Å². The lowest BCUT2D eigenvalue weighted by atomic mass is 9.97. The molecule has 2 aliphatic heterocycles. The third kappa shape index (κ3) is 3.21. The number of rotatable bonds is 3. The van der Waals surface area contributed by atoms with E-state index >= 15 is 0 Å². The Kier molecular flexibility index (Phi) is 4.11. The van der Waals surface area contributed by atoms with E-state index in [0.29, 0.717) is 24.4 Å². The lowest BCUT2D eigenvalue weighted by molar-refractivity contribution is -0.114. The van der Waals surface area contributed by atoms with Gasteiger partial charge in [0.05, 0.1) is 24.5 Å². The third-order valence-corrected chi connectivity index (χ3v) is 4.54. The van der Waals surface area contributed by atoms with Crippen molar-refractivity contribution in [1.82, 2.24) is 5.32 Å². The van der Waals surface area contributed by atoms with Crippen molar-refractivity contribution >= 4 is 23.2 Å². The smallest absolute Gasteiger partial charge is 0.251 e. The fourth-order valence-electron chi connectivity index (χ4n) is 3.25. The van der Waals surface area contributed by atoms with Gasteiger partial charge in [0.15, 0.2) is 0 Å². The number of anilines is 2. The van der Waals surface area contributed by atoms with Crippen LogP contribution in [0.5, 0.6) is 0 Å². The van der Waals surface area contributed by atoms with E-state index in [9.17, 15) is 9.59 Å². The molecule has 0 saturated carbocycles. The highest BCUT2D eigenvalue weighted by atomic mass is 16.5. The van der Waals surface area contributed by atoms with Crippen molar-refractivity contribution in [2.75, 3.05) is 30.3 Å². The van der Waals surface area contributed by atoms with Crippen LogP contribution in [0.1, 0.15) is 27.6 Å². The summed E-state index contributed by atoms with van der Waals surface area (Å²) in [7, 11) is 0. The fourth-order valence-corrected chi connectivity index (χ4v) is 3.25. The Hall–Kier alpha value is -2.86. The molecule has 2 aromatic carbocycles. The molecule has 2 aliphatic rings. The van der Waals surface area contributed by atoms with Gasteiger partial charge in [-0.25, -0.2) is 0 Å². The highest BCUT2D eigenvalue weighted by Crippen LogP contribution is 2.27. The Labute approximate surface area is 145 Å². The zero-order valence-corrected chi connectivity index (χ0v) is 13.7. The van der Waals surface area contributed by atoms with Gasteiger partial charge in [0.2, 0.25) is 5.91 Å². The summed E-state index contributed by atoms with van der Waals surface area (Å²) in [6.07, 6.45) is 0.769. The monoisotopic (exact) mass is 337 g/mol. The molecule has 128 valence electrons. The Morgan fingerprint density at radius 2 is 2.08 bits per heavy atom. The van der Waals surface area contributed by atoms with E-state index in [-0.39, 0.29) is 24.5 Å². The quantitative estimate of drug-likeness (QED) is 0.801. The molecule has 0 fully saturated rings. The summed E-state index contributed by atoms with van der Waals surface area (Å²) in [6.45, 7) is 1.32. The number of fused-ring (bicyclic) bond motifs is 2. The number of carbonyl (C=O) groups is 2. The molecule has 0 aliphatic carbocycles. The predicted molar refractivity (Wildman–Crippen MR) is 94.7 cm³/mol. The summed E-state index contributed by atoms with van der Waals surface area (Å²) in [5, 5.41) is 8.71. The number of nitrogens with one attached hydrogen (secondary N) is 3. The molecule has 2 amide bonds. The molecule has 0 saturated heterocycles. The van der Waals surface area contributed by atoms with Gasteiger partial charge in [-0.1, -0.05) is 24.3 Å². The fraction of sp³-hybridized carbons (Fsp3) is 0.263. The van der Waals surface area contributed by atoms with Gasteiger partial charge in [-0.3, -0.25) is 9.59 Å². The molecular formula is C19H19N3O3. The zero-order chi connectivity index (χ0) is 17.2. The van der Waals surface area contributed by atoms with Crippen molar-refractivity contribution in [3.63, 3.8) is 0 Å². The average molecular weight is 337 g/mol. The second kappa shape index (κ2) is 6.57. The van der Waals surface area contributed by atoms with Gasteiger partial charge < -0.3 is 20.7 Å². The maximum absolute atomic E-state index is 12.5. The van der Waals surface area contributed by atoms with E-state index in [2.05, 4.69) is 22.0 Å². The van der Waals surface area contributed by atoms with Crippen LogP contribution in [0, 0.1) is 0 Å². The van der Waals surface area contributed by atoms with Crippen molar-refractivity contribution in [3.05, 3.63) is 59.2 Å². The first kappa shape index (κ1) is 15.7. The first-order valence-electron chi connectivity index (χ1n) is 8.36. The Balaban J connectivity index is 1.45. The molecule has 3 N–H and O–H groups in total. The molecule has 0 radical (unpaired) electrons. The summed E-state index contributed by atoms with van der Waals surface area (Å²) < 4.78 is 5.81. The second-order valence-electron chi connectivity index (χ2n) is 6.18. The molecule has 2 heterocycles. The number of hydrogen-bond acceptors (Lipinski definition) is 4. The normalized spacial score (nSPS) is 18.4. The highest BCUT2D eigenvalue weighted by molar-refractivity contribution is 6.03. The van der Waals surface area contributed by atoms with Crippen LogP contribution in [-0.4, -0.2) is 31.5 Å². The van der Waals surface area contributed by atoms with Gasteiger partial charge in [0.1, 0.15) is 6.10 Å². The standard InChI is InChI=1S/C19H19N3O3/c23-18-11-20-15-6-5-13(9-16(15)22-18)19(24)21-10-17-14-4-2-1-3-12(14)7-8-25-17/h1-6,9,17,20H,7-8,10-11H2,(H,21,24)(H,22,23)/t17-/m0/s1. The molecule has 1 atom stereocenters. The zero-order valence-electron chi connectivity index (χ0n) is 13.7. The summed E-state index contributed by atoms with van der Waals surface area (Å²) in [5.41, 5.74) is 4.36. The molecular weight excluding hydrogens is 318 g/mol. The maximum atomic E-state index is 12.5. The molecule has 2 aromatic rings. The van der Waals surface area contributed by atoms with E-state index in [4.69, 9.17) is 4.74 Å². The van der Waals surface area contributed by atoms with Gasteiger partial charge >= 0.3 is 0 Å². The first-order valence-corrected chi connectivity index (χ1v) is 8.36. The Morgan fingerprint density at radius 3 is 3.00 bits per heavy atom. The van der Waals surface area contributed by atoms with Crippen LogP contribution in [0.3, 0.4) is 0 Å². The summed E-state index contributed by atoms with van der Waals surface area (Å²) >= 11 is 0. The number of benzene rings is 2. The van der Waals surface area contributed by atoms with Crippen LogP contribution in [0.4, 0.5) is 11.4 Å². The SMILES string of the molecule is O=C1CNc2ccc(C(=O)NC[C@@H]3OCCc4ccccc43)cc2N1. The van der Waals surface area contributed by atoms with Gasteiger partial charge in [-0.2, -0.15) is 0 Å². The first-order chi connectivity index (χ1) is 12.2. The van der Waals surface area contributed by atoms with E-state index < -0.39 is 0 Å². The van der Waals surface area contributed by atoms with Crippen LogP contribution in [-0.2, 0) is 16.0 Å². The summed E-state index contributed by atoms with van der Waals surface area (Å²) in [6, 6.07) is 13.4. The molecule has 25 heavy (non-hydrogen) atoms. The van der Waals surface area contributed by atoms with Crippen molar-refractivity contribution < 1.29 is 14.3 Å². The highest BCUT2D eigenvalue weighted by Gasteiger charge is 2.22. The maximum Gasteiger partial charge on any atom is 0.251 e. The van der Waals surface area contributed by atoms with E-state index in [1.165, 1.54) is 5.56 Å². The van der Waals surface area contributed by atoms with E-state index in [1.54, 1.807) is 18.2 Å². The van der Waals surface area contributed by atoms with Crippen molar-refractivity contribution in [3.8, 4) is 0 Å². The number of ether oxygens (including phenoxy) is 1. The Morgan fingerprint density at radius 1 is 1.20 bits per heavy atom. The van der Waals surface area contributed by atoms with Crippen LogP contribution in [0.15, 0.2) is 42.5 Å². The number of amides is 2. The lowest BCUT2D eigenvalue weighted by Gasteiger charge is -2.26. The minimum Gasteiger partial charge on any atom is -0.374 e. The second-order valence-corrected chi connectivity index (χ2v) is 6.18. The van der Waals surface area contributed by atoms with Crippen LogP contribution in [0.2, 0.25) is 0 Å². The summed E-state index contributed by atoms with van der Waals surface area (Å²) in [5.74, 6) is -0.299. The topological polar surface area (TPSA) is 79.5 Å². The van der Waals surface area contributed by atoms with E-state index in [1.807, 2.05) is 18.2 Å². The predicted octanol–water partition coefficient (Wildman–Crippen LogP) is 2.09. The van der Waals surface area contributed by atoms with Crippen molar-refractivity contribution in [1.29, 1.82) is 0 Å². The average Bonchev–Trinajstić information content (AvgIpc) is 2.65. The molecule has 4 rings (SSSR count). The van der Waals surface area contributed by atoms with Crippen LogP contribution >= 0.6 is 0 Å². The van der Waals surface area contributed by atoms with E-state index in [0.717, 1.165) is 17.7 Å². The number of carbonyl (C=O) groups excluding carboxylic acids is 2. The van der Waals surface area contributed by atoms with Crippen molar-refractivity contribution in [2.45, 2.75) is 12.5 Å². The third-order valence-electron chi connectivity index (χ3n) is 4.54. The van der Waals surface area contributed by atoms with Gasteiger partial charge in [-0.15, -0.1) is 0 Å². The minimum absolute atomic E-state index is 0.114. The largest absolute Gasteiger partial charge is 0.374 e. The molecule has 6 nitrogen and oxygen atoms in total. The molecule has 0 bridgehead atoms. The molecule has 6 heteroatoms. The Bertz CT molecular complexity index is 834.